The van der Waals surface area contributed by atoms with Crippen molar-refractivity contribution in [2.75, 3.05) is 6.54 Å². The van der Waals surface area contributed by atoms with Crippen molar-refractivity contribution in [3.05, 3.63) is 57.2 Å². The molecule has 5 heteroatoms. The van der Waals surface area contributed by atoms with Gasteiger partial charge < -0.3 is 10.6 Å². The van der Waals surface area contributed by atoms with Crippen LogP contribution >= 0.6 is 22.9 Å². The lowest BCUT2D eigenvalue weighted by molar-refractivity contribution is 0.238. The van der Waals surface area contributed by atoms with Crippen molar-refractivity contribution >= 4 is 29.0 Å². The number of thiophene rings is 1. The Bertz CT molecular complexity index is 556. The van der Waals surface area contributed by atoms with Gasteiger partial charge in [-0.25, -0.2) is 4.79 Å². The third-order valence-electron chi connectivity index (χ3n) is 2.91. The zero-order valence-electron chi connectivity index (χ0n) is 11.2. The van der Waals surface area contributed by atoms with Crippen LogP contribution in [0.25, 0.3) is 0 Å². The molecule has 0 aliphatic carbocycles. The van der Waals surface area contributed by atoms with Gasteiger partial charge in [-0.3, -0.25) is 0 Å². The lowest BCUT2D eigenvalue weighted by Crippen LogP contribution is -2.37. The van der Waals surface area contributed by atoms with Gasteiger partial charge >= 0.3 is 6.03 Å². The summed E-state index contributed by atoms with van der Waals surface area (Å²) in [5.74, 6) is 0. The Morgan fingerprint density at radius 2 is 2.00 bits per heavy atom. The summed E-state index contributed by atoms with van der Waals surface area (Å²) in [5.41, 5.74) is 1.21. The van der Waals surface area contributed by atoms with Crippen LogP contribution in [0.3, 0.4) is 0 Å². The summed E-state index contributed by atoms with van der Waals surface area (Å²) in [5, 5.41) is 5.76. The molecule has 3 nitrogen and oxygen atoms in total. The predicted molar refractivity (Wildman–Crippen MR) is 84.4 cm³/mol. The molecule has 0 radical (unpaired) electrons. The number of benzene rings is 1. The average molecular weight is 309 g/mol. The molecule has 0 saturated heterocycles. The summed E-state index contributed by atoms with van der Waals surface area (Å²) in [6.07, 6.45) is 0.827. The Labute approximate surface area is 128 Å². The predicted octanol–water partition coefficient (Wildman–Crippen LogP) is 4.00. The third kappa shape index (κ3) is 4.54. The van der Waals surface area contributed by atoms with E-state index in [2.05, 4.69) is 22.8 Å². The maximum atomic E-state index is 11.8. The maximum Gasteiger partial charge on any atom is 0.315 e. The number of amides is 2. The van der Waals surface area contributed by atoms with Crippen molar-refractivity contribution < 1.29 is 4.79 Å². The second kappa shape index (κ2) is 7.31. The van der Waals surface area contributed by atoms with Crippen LogP contribution in [0.1, 0.15) is 23.4 Å². The first-order chi connectivity index (χ1) is 9.65. The zero-order valence-corrected chi connectivity index (χ0v) is 12.8. The molecular weight excluding hydrogens is 292 g/mol. The molecule has 106 valence electrons. The number of rotatable bonds is 5. The summed E-state index contributed by atoms with van der Waals surface area (Å²) < 4.78 is 0.734. The van der Waals surface area contributed by atoms with Crippen LogP contribution in [0.15, 0.2) is 42.5 Å². The van der Waals surface area contributed by atoms with Gasteiger partial charge in [0.15, 0.2) is 0 Å². The molecule has 1 aromatic carbocycles. The Hall–Kier alpha value is -1.52. The highest BCUT2D eigenvalue weighted by Crippen LogP contribution is 2.26. The molecule has 20 heavy (non-hydrogen) atoms. The Morgan fingerprint density at radius 1 is 1.25 bits per heavy atom. The largest absolute Gasteiger partial charge is 0.338 e. The molecule has 0 saturated carbocycles. The van der Waals surface area contributed by atoms with Crippen molar-refractivity contribution in [1.29, 1.82) is 0 Å². The van der Waals surface area contributed by atoms with Gasteiger partial charge in [0.1, 0.15) is 0 Å². The van der Waals surface area contributed by atoms with Gasteiger partial charge in [0, 0.05) is 11.4 Å². The van der Waals surface area contributed by atoms with E-state index >= 15 is 0 Å². The Morgan fingerprint density at radius 3 is 2.65 bits per heavy atom. The van der Waals surface area contributed by atoms with Gasteiger partial charge in [-0.15, -0.1) is 11.3 Å². The van der Waals surface area contributed by atoms with Crippen LogP contribution in [-0.2, 0) is 6.42 Å². The monoisotopic (exact) mass is 308 g/mol. The number of carbonyl (C=O) groups excluding carboxylic acids is 1. The summed E-state index contributed by atoms with van der Waals surface area (Å²) in [7, 11) is 0. The lowest BCUT2D eigenvalue weighted by atomic mass is 10.1. The molecule has 0 aliphatic rings. The van der Waals surface area contributed by atoms with Crippen LogP contribution in [0.2, 0.25) is 4.34 Å². The number of urea groups is 1. The summed E-state index contributed by atoms with van der Waals surface area (Å²) in [4.78, 5) is 12.8. The molecule has 0 bridgehead atoms. The van der Waals surface area contributed by atoms with E-state index in [4.69, 9.17) is 11.6 Å². The topological polar surface area (TPSA) is 41.1 Å². The lowest BCUT2D eigenvalue weighted by Gasteiger charge is -2.13. The van der Waals surface area contributed by atoms with Crippen LogP contribution in [0.5, 0.6) is 0 Å². The van der Waals surface area contributed by atoms with Crippen molar-refractivity contribution in [2.24, 2.45) is 0 Å². The summed E-state index contributed by atoms with van der Waals surface area (Å²) in [6.45, 7) is 2.56. The molecule has 1 unspecified atom stereocenters. The standard InChI is InChI=1S/C15H17ClN2OS/c1-11(13-7-8-14(16)20-13)18-15(19)17-10-9-12-5-3-2-4-6-12/h2-8,11H,9-10H2,1H3,(H2,17,18,19). The number of nitrogens with one attached hydrogen (secondary N) is 2. The smallest absolute Gasteiger partial charge is 0.315 e. The fourth-order valence-electron chi connectivity index (χ4n) is 1.84. The van der Waals surface area contributed by atoms with Crippen LogP contribution in [-0.4, -0.2) is 12.6 Å². The van der Waals surface area contributed by atoms with E-state index in [0.29, 0.717) is 6.54 Å². The molecule has 2 aromatic rings. The number of carbonyl (C=O) groups is 1. The highest BCUT2D eigenvalue weighted by Gasteiger charge is 2.10. The first-order valence-corrected chi connectivity index (χ1v) is 7.68. The first-order valence-electron chi connectivity index (χ1n) is 6.48. The highest BCUT2D eigenvalue weighted by molar-refractivity contribution is 7.16. The SMILES string of the molecule is CC(NC(=O)NCCc1ccccc1)c1ccc(Cl)s1. The van der Waals surface area contributed by atoms with Crippen LogP contribution in [0.4, 0.5) is 4.79 Å². The van der Waals surface area contributed by atoms with Gasteiger partial charge in [-0.2, -0.15) is 0 Å². The second-order valence-electron chi connectivity index (χ2n) is 4.50. The molecule has 2 N–H and O–H groups in total. The normalized spacial score (nSPS) is 11.9. The van der Waals surface area contributed by atoms with Crippen molar-refractivity contribution in [3.8, 4) is 0 Å². The molecule has 2 amide bonds. The van der Waals surface area contributed by atoms with Gasteiger partial charge in [0.05, 0.1) is 10.4 Å². The number of hydrogen-bond acceptors (Lipinski definition) is 2. The maximum absolute atomic E-state index is 11.8. The summed E-state index contributed by atoms with van der Waals surface area (Å²) >= 11 is 7.36. The first kappa shape index (κ1) is 14.9. The van der Waals surface area contributed by atoms with Gasteiger partial charge in [-0.1, -0.05) is 41.9 Å². The average Bonchev–Trinajstić information content (AvgIpc) is 2.87. The van der Waals surface area contributed by atoms with Gasteiger partial charge in [0.25, 0.3) is 0 Å². The van der Waals surface area contributed by atoms with Gasteiger partial charge in [-0.05, 0) is 31.0 Å². The van der Waals surface area contributed by atoms with Gasteiger partial charge in [0.2, 0.25) is 0 Å². The van der Waals surface area contributed by atoms with E-state index in [-0.39, 0.29) is 12.1 Å². The Kier molecular flexibility index (Phi) is 5.44. The van der Waals surface area contributed by atoms with Crippen molar-refractivity contribution in [2.45, 2.75) is 19.4 Å². The number of hydrogen-bond donors (Lipinski definition) is 2. The van der Waals surface area contributed by atoms with Crippen LogP contribution < -0.4 is 10.6 Å². The van der Waals surface area contributed by atoms with E-state index in [0.717, 1.165) is 15.6 Å². The molecule has 0 fully saturated rings. The van der Waals surface area contributed by atoms with Crippen molar-refractivity contribution in [1.82, 2.24) is 10.6 Å². The minimum absolute atomic E-state index is 0.0378. The summed E-state index contributed by atoms with van der Waals surface area (Å²) in [6, 6.07) is 13.7. The quantitative estimate of drug-likeness (QED) is 0.861. The van der Waals surface area contributed by atoms with E-state index < -0.39 is 0 Å². The van der Waals surface area contributed by atoms with Crippen molar-refractivity contribution in [3.63, 3.8) is 0 Å². The molecule has 0 spiro atoms. The second-order valence-corrected chi connectivity index (χ2v) is 6.25. The fraction of sp³-hybridized carbons (Fsp3) is 0.267. The van der Waals surface area contributed by atoms with E-state index in [1.807, 2.05) is 37.3 Å². The van der Waals surface area contributed by atoms with E-state index in [1.165, 1.54) is 16.9 Å². The minimum atomic E-state index is -0.155. The molecule has 1 atom stereocenters. The fourth-order valence-corrected chi connectivity index (χ4v) is 2.91. The van der Waals surface area contributed by atoms with E-state index in [1.54, 1.807) is 0 Å². The van der Waals surface area contributed by atoms with E-state index in [9.17, 15) is 4.79 Å². The molecule has 1 aromatic heterocycles. The molecule has 1 heterocycles. The minimum Gasteiger partial charge on any atom is -0.338 e. The Balaban J connectivity index is 1.73. The molecule has 2 rings (SSSR count). The number of halogens is 1. The van der Waals surface area contributed by atoms with Crippen LogP contribution in [0, 0.1) is 0 Å². The zero-order chi connectivity index (χ0) is 14.4. The molecule has 0 aliphatic heterocycles. The highest BCUT2D eigenvalue weighted by atomic mass is 35.5. The molecular formula is C15H17ClN2OS. The third-order valence-corrected chi connectivity index (χ3v) is 4.32.